The molecule has 0 saturated carbocycles. The normalized spacial score (nSPS) is 21.1. The van der Waals surface area contributed by atoms with Crippen molar-refractivity contribution in [2.45, 2.75) is 69.6 Å². The number of amides is 3. The van der Waals surface area contributed by atoms with Crippen molar-refractivity contribution in [1.29, 1.82) is 0 Å². The third-order valence-corrected chi connectivity index (χ3v) is 8.48. The van der Waals surface area contributed by atoms with Crippen molar-refractivity contribution in [2.24, 2.45) is 13.0 Å². The highest BCUT2D eigenvalue weighted by Gasteiger charge is 2.33. The van der Waals surface area contributed by atoms with Crippen molar-refractivity contribution < 1.29 is 27.2 Å². The zero-order chi connectivity index (χ0) is 30.4. The molecule has 3 atom stereocenters. The van der Waals surface area contributed by atoms with Crippen LogP contribution in [0.15, 0.2) is 52.1 Å². The Morgan fingerprint density at radius 1 is 1.10 bits per heavy atom. The molecule has 0 spiro atoms. The summed E-state index contributed by atoms with van der Waals surface area (Å²) in [7, 11) is -2.62. The van der Waals surface area contributed by atoms with Crippen LogP contribution in [0, 0.1) is 12.8 Å². The SMILES string of the molecule is Cc1cc(S(=O)(=O)N[C@H]2CCCCNC(=O)c3coc(n3)[C@@H](Cc3ccccc3)NC(=O)[C@H](C(C)C)NC2=O)n(C)n1. The second kappa shape index (κ2) is 13.3. The van der Waals surface area contributed by atoms with E-state index >= 15 is 0 Å². The van der Waals surface area contributed by atoms with E-state index < -0.39 is 45.9 Å². The predicted octanol–water partition coefficient (Wildman–Crippen LogP) is 1.52. The molecule has 4 rings (SSSR count). The minimum absolute atomic E-state index is 0.0789. The number of oxazole rings is 1. The highest BCUT2D eigenvalue weighted by molar-refractivity contribution is 7.89. The number of hydrogen-bond acceptors (Lipinski definition) is 8. The molecule has 2 aromatic heterocycles. The largest absolute Gasteiger partial charge is 0.446 e. The van der Waals surface area contributed by atoms with Crippen molar-refractivity contribution >= 4 is 27.7 Å². The number of nitrogens with one attached hydrogen (secondary N) is 4. The Morgan fingerprint density at radius 2 is 1.83 bits per heavy atom. The van der Waals surface area contributed by atoms with E-state index in [1.54, 1.807) is 20.8 Å². The summed E-state index contributed by atoms with van der Waals surface area (Å²) >= 11 is 0. The van der Waals surface area contributed by atoms with Gasteiger partial charge in [-0.3, -0.25) is 19.1 Å². The van der Waals surface area contributed by atoms with E-state index in [1.807, 2.05) is 30.3 Å². The number of fused-ring (bicyclic) bond motifs is 2. The van der Waals surface area contributed by atoms with Crippen LogP contribution in [0.25, 0.3) is 0 Å². The summed E-state index contributed by atoms with van der Waals surface area (Å²) in [5.41, 5.74) is 1.48. The smallest absolute Gasteiger partial charge is 0.273 e. The molecule has 3 heterocycles. The van der Waals surface area contributed by atoms with Gasteiger partial charge in [-0.25, -0.2) is 13.4 Å². The maximum Gasteiger partial charge on any atom is 0.273 e. The fourth-order valence-electron chi connectivity index (χ4n) is 4.75. The summed E-state index contributed by atoms with van der Waals surface area (Å²) in [5, 5.41) is 12.5. The summed E-state index contributed by atoms with van der Waals surface area (Å²) in [4.78, 5) is 44.2. The lowest BCUT2D eigenvalue weighted by atomic mass is 10.0. The topological polar surface area (TPSA) is 177 Å². The van der Waals surface area contributed by atoms with Gasteiger partial charge in [0.15, 0.2) is 10.7 Å². The van der Waals surface area contributed by atoms with Crippen molar-refractivity contribution in [1.82, 2.24) is 35.4 Å². The molecule has 0 aliphatic carbocycles. The van der Waals surface area contributed by atoms with Gasteiger partial charge in [0.2, 0.25) is 17.7 Å². The molecule has 0 fully saturated rings. The molecule has 0 radical (unpaired) electrons. The standard InChI is InChI=1S/C28H37N7O6S/c1-17(2)24-27(38)30-21(15-19-10-6-5-7-11-19)28-31-22(16-41-28)25(36)29-13-9-8-12-20(26(37)32-24)34-42(39,40)23-14-18(3)33-35(23)4/h5-7,10-11,14,16-17,20-21,24,34H,8-9,12-13,15H2,1-4H3,(H,29,36)(H,30,38)(H,32,37)/t20-,21+,24-/m0/s1. The van der Waals surface area contributed by atoms with Gasteiger partial charge < -0.3 is 20.4 Å². The molecule has 1 aliphatic rings. The monoisotopic (exact) mass is 599 g/mol. The summed E-state index contributed by atoms with van der Waals surface area (Å²) in [5.74, 6) is -1.77. The van der Waals surface area contributed by atoms with E-state index in [4.69, 9.17) is 4.42 Å². The molecule has 14 heteroatoms. The Balaban J connectivity index is 1.63. The van der Waals surface area contributed by atoms with E-state index in [0.29, 0.717) is 25.0 Å². The quantitative estimate of drug-likeness (QED) is 0.329. The summed E-state index contributed by atoms with van der Waals surface area (Å²) < 4.78 is 35.8. The fourth-order valence-corrected chi connectivity index (χ4v) is 6.18. The van der Waals surface area contributed by atoms with Gasteiger partial charge >= 0.3 is 0 Å². The molecule has 0 unspecified atom stereocenters. The summed E-state index contributed by atoms with van der Waals surface area (Å²) in [6.07, 6.45) is 2.58. The second-order valence-electron chi connectivity index (χ2n) is 10.7. The lowest BCUT2D eigenvalue weighted by molar-refractivity contribution is -0.131. The molecule has 1 aliphatic heterocycles. The first kappa shape index (κ1) is 30.9. The molecule has 4 N–H and O–H groups in total. The number of aromatic nitrogens is 3. The van der Waals surface area contributed by atoms with Crippen LogP contribution in [0.1, 0.15) is 66.8 Å². The van der Waals surface area contributed by atoms with E-state index in [9.17, 15) is 22.8 Å². The molecular formula is C28H37N7O6S. The zero-order valence-corrected chi connectivity index (χ0v) is 24.9. The van der Waals surface area contributed by atoms with Gasteiger partial charge in [0.05, 0.1) is 5.69 Å². The van der Waals surface area contributed by atoms with Crippen LogP contribution in [0.2, 0.25) is 0 Å². The number of benzene rings is 1. The van der Waals surface area contributed by atoms with Crippen LogP contribution in [0.3, 0.4) is 0 Å². The number of nitrogens with zero attached hydrogens (tertiary/aromatic N) is 3. The Bertz CT molecular complexity index is 1520. The maximum absolute atomic E-state index is 13.6. The Morgan fingerprint density at radius 3 is 2.50 bits per heavy atom. The first-order valence-corrected chi connectivity index (χ1v) is 15.3. The zero-order valence-electron chi connectivity index (χ0n) is 24.1. The van der Waals surface area contributed by atoms with E-state index in [2.05, 4.69) is 30.8 Å². The number of aryl methyl sites for hydroxylation is 2. The molecule has 226 valence electrons. The molecule has 3 amide bonds. The number of hydrogen-bond donors (Lipinski definition) is 4. The van der Waals surface area contributed by atoms with Crippen LogP contribution in [-0.2, 0) is 33.1 Å². The van der Waals surface area contributed by atoms with Gasteiger partial charge in [-0.1, -0.05) is 44.2 Å². The maximum atomic E-state index is 13.6. The Kier molecular flexibility index (Phi) is 9.78. The van der Waals surface area contributed by atoms with Crippen LogP contribution in [0.5, 0.6) is 0 Å². The highest BCUT2D eigenvalue weighted by Crippen LogP contribution is 2.20. The van der Waals surface area contributed by atoms with Gasteiger partial charge in [-0.15, -0.1) is 0 Å². The molecule has 42 heavy (non-hydrogen) atoms. The van der Waals surface area contributed by atoms with Gasteiger partial charge in [0.1, 0.15) is 24.4 Å². The number of rotatable bonds is 6. The minimum Gasteiger partial charge on any atom is -0.446 e. The molecule has 0 saturated heterocycles. The van der Waals surface area contributed by atoms with Crippen LogP contribution < -0.4 is 20.7 Å². The average Bonchev–Trinajstić information content (AvgIpc) is 3.56. The minimum atomic E-state index is -4.12. The molecule has 13 nitrogen and oxygen atoms in total. The molecule has 1 aromatic carbocycles. The van der Waals surface area contributed by atoms with Crippen molar-refractivity contribution in [3.8, 4) is 0 Å². The highest BCUT2D eigenvalue weighted by atomic mass is 32.2. The number of carbonyl (C=O) groups excluding carboxylic acids is 3. The molecule has 3 aromatic rings. The van der Waals surface area contributed by atoms with Crippen LogP contribution in [-0.4, -0.2) is 59.5 Å². The van der Waals surface area contributed by atoms with Crippen molar-refractivity contribution in [2.75, 3.05) is 6.54 Å². The van der Waals surface area contributed by atoms with Gasteiger partial charge in [-0.2, -0.15) is 9.82 Å². The third kappa shape index (κ3) is 7.62. The van der Waals surface area contributed by atoms with Crippen molar-refractivity contribution in [3.63, 3.8) is 0 Å². The van der Waals surface area contributed by atoms with Crippen LogP contribution in [0.4, 0.5) is 0 Å². The van der Waals surface area contributed by atoms with E-state index in [-0.39, 0.29) is 35.5 Å². The molecule has 2 bridgehead atoms. The summed E-state index contributed by atoms with van der Waals surface area (Å²) in [6, 6.07) is 7.90. The third-order valence-electron chi connectivity index (χ3n) is 6.95. The average molecular weight is 600 g/mol. The second-order valence-corrected chi connectivity index (χ2v) is 12.4. The van der Waals surface area contributed by atoms with Crippen molar-refractivity contribution in [3.05, 3.63) is 65.5 Å². The summed E-state index contributed by atoms with van der Waals surface area (Å²) in [6.45, 7) is 5.50. The molecular weight excluding hydrogens is 562 g/mol. The Labute approximate surface area is 244 Å². The van der Waals surface area contributed by atoms with Gasteiger partial charge in [0.25, 0.3) is 15.9 Å². The predicted molar refractivity (Wildman–Crippen MR) is 153 cm³/mol. The number of carbonyl (C=O) groups is 3. The first-order valence-electron chi connectivity index (χ1n) is 13.9. The fraction of sp³-hybridized carbons (Fsp3) is 0.464. The lowest BCUT2D eigenvalue weighted by Crippen LogP contribution is -2.56. The lowest BCUT2D eigenvalue weighted by Gasteiger charge is -2.27. The van der Waals surface area contributed by atoms with E-state index in [0.717, 1.165) is 5.56 Å². The van der Waals surface area contributed by atoms with Gasteiger partial charge in [0, 0.05) is 20.0 Å². The first-order chi connectivity index (χ1) is 19.9. The van der Waals surface area contributed by atoms with Crippen LogP contribution >= 0.6 is 0 Å². The van der Waals surface area contributed by atoms with E-state index in [1.165, 1.54) is 24.1 Å². The number of sulfonamides is 1. The van der Waals surface area contributed by atoms with Gasteiger partial charge in [-0.05, 0) is 43.7 Å². The Hall–Kier alpha value is -4.04.